The van der Waals surface area contributed by atoms with Crippen LogP contribution in [0.15, 0.2) is 23.1 Å². The minimum absolute atomic E-state index is 0.124. The third kappa shape index (κ3) is 4.48. The summed E-state index contributed by atoms with van der Waals surface area (Å²) in [6, 6.07) is 6.63. The van der Waals surface area contributed by atoms with Gasteiger partial charge in [-0.25, -0.2) is 0 Å². The van der Waals surface area contributed by atoms with Crippen molar-refractivity contribution in [2.45, 2.75) is 24.2 Å². The van der Waals surface area contributed by atoms with E-state index in [0.29, 0.717) is 5.75 Å². The van der Waals surface area contributed by atoms with Gasteiger partial charge in [0.1, 0.15) is 0 Å². The third-order valence-electron chi connectivity index (χ3n) is 4.29. The van der Waals surface area contributed by atoms with Gasteiger partial charge in [-0.2, -0.15) is 0 Å². The van der Waals surface area contributed by atoms with Crippen LogP contribution in [0.2, 0.25) is 0 Å². The summed E-state index contributed by atoms with van der Waals surface area (Å²) in [5.41, 5.74) is 2.96. The summed E-state index contributed by atoms with van der Waals surface area (Å²) in [6.45, 7) is 5.20. The molecule has 1 aliphatic carbocycles. The zero-order chi connectivity index (χ0) is 15.2. The Morgan fingerprint density at radius 1 is 1.23 bits per heavy atom. The van der Waals surface area contributed by atoms with Crippen molar-refractivity contribution in [2.75, 3.05) is 45.1 Å². The van der Waals surface area contributed by atoms with E-state index in [2.05, 4.69) is 28.4 Å². The molecule has 1 aliphatic heterocycles. The number of nitrogens with one attached hydrogen (secondary N) is 1. The van der Waals surface area contributed by atoms with Gasteiger partial charge < -0.3 is 10.1 Å². The fraction of sp³-hybridized carbons (Fsp3) is 0.588. The van der Waals surface area contributed by atoms with Crippen LogP contribution in [0.3, 0.4) is 0 Å². The van der Waals surface area contributed by atoms with E-state index in [-0.39, 0.29) is 5.91 Å². The molecule has 1 aromatic carbocycles. The molecule has 1 fully saturated rings. The van der Waals surface area contributed by atoms with Crippen LogP contribution in [0.5, 0.6) is 0 Å². The van der Waals surface area contributed by atoms with Crippen LogP contribution in [-0.4, -0.2) is 56.0 Å². The number of fused-ring (bicyclic) bond motifs is 1. The van der Waals surface area contributed by atoms with Gasteiger partial charge in [0.05, 0.1) is 19.0 Å². The lowest BCUT2D eigenvalue weighted by Crippen LogP contribution is -2.41. The number of amides is 1. The molecule has 0 unspecified atom stereocenters. The quantitative estimate of drug-likeness (QED) is 0.811. The number of aryl methyl sites for hydroxylation is 2. The van der Waals surface area contributed by atoms with Gasteiger partial charge in [-0.05, 0) is 42.5 Å². The number of hydrogen-bond donors (Lipinski definition) is 1. The Morgan fingerprint density at radius 2 is 2.05 bits per heavy atom. The maximum absolute atomic E-state index is 11.9. The molecule has 2 aliphatic rings. The summed E-state index contributed by atoms with van der Waals surface area (Å²) in [5, 5.41) is 3.01. The van der Waals surface area contributed by atoms with Crippen molar-refractivity contribution < 1.29 is 9.53 Å². The Labute approximate surface area is 136 Å². The lowest BCUT2D eigenvalue weighted by molar-refractivity contribution is -0.118. The van der Waals surface area contributed by atoms with Crippen molar-refractivity contribution in [3.8, 4) is 0 Å². The Kier molecular flexibility index (Phi) is 5.76. The van der Waals surface area contributed by atoms with Gasteiger partial charge in [0, 0.05) is 31.1 Å². The highest BCUT2D eigenvalue weighted by Crippen LogP contribution is 2.27. The van der Waals surface area contributed by atoms with Gasteiger partial charge in [0.25, 0.3) is 0 Å². The van der Waals surface area contributed by atoms with Gasteiger partial charge in [0.15, 0.2) is 0 Å². The molecule has 1 N–H and O–H groups in total. The molecule has 0 bridgehead atoms. The normalized spacial score (nSPS) is 18.2. The maximum atomic E-state index is 11.9. The van der Waals surface area contributed by atoms with E-state index in [1.54, 1.807) is 11.8 Å². The maximum Gasteiger partial charge on any atom is 0.230 e. The molecule has 5 heteroatoms. The number of morpholine rings is 1. The lowest BCUT2D eigenvalue weighted by atomic mass is 10.1. The van der Waals surface area contributed by atoms with Crippen LogP contribution in [0.4, 0.5) is 0 Å². The first-order valence-corrected chi connectivity index (χ1v) is 9.11. The summed E-state index contributed by atoms with van der Waals surface area (Å²) in [4.78, 5) is 15.5. The number of benzene rings is 1. The van der Waals surface area contributed by atoms with E-state index in [1.165, 1.54) is 35.3 Å². The van der Waals surface area contributed by atoms with Gasteiger partial charge >= 0.3 is 0 Å². The largest absolute Gasteiger partial charge is 0.379 e. The summed E-state index contributed by atoms with van der Waals surface area (Å²) in [7, 11) is 0. The summed E-state index contributed by atoms with van der Waals surface area (Å²) in [5.74, 6) is 0.626. The van der Waals surface area contributed by atoms with E-state index >= 15 is 0 Å². The molecule has 120 valence electrons. The fourth-order valence-electron chi connectivity index (χ4n) is 3.02. The van der Waals surface area contributed by atoms with Gasteiger partial charge in [-0.15, -0.1) is 11.8 Å². The predicted octanol–water partition coefficient (Wildman–Crippen LogP) is 1.72. The molecular weight excluding hydrogens is 296 g/mol. The molecule has 3 rings (SSSR count). The summed E-state index contributed by atoms with van der Waals surface area (Å²) < 4.78 is 5.31. The standard InChI is InChI=1S/C17H24N2O2S/c20-17(18-6-7-19-8-10-21-11-9-19)13-22-16-5-4-14-2-1-3-15(14)12-16/h4-5,12H,1-3,6-11,13H2,(H,18,20). The van der Waals surface area contributed by atoms with E-state index in [0.717, 1.165) is 39.4 Å². The zero-order valence-electron chi connectivity index (χ0n) is 13.0. The minimum atomic E-state index is 0.124. The zero-order valence-corrected chi connectivity index (χ0v) is 13.8. The molecule has 0 aromatic heterocycles. The number of carbonyl (C=O) groups is 1. The lowest BCUT2D eigenvalue weighted by Gasteiger charge is -2.26. The Morgan fingerprint density at radius 3 is 2.91 bits per heavy atom. The van der Waals surface area contributed by atoms with Crippen LogP contribution >= 0.6 is 11.8 Å². The highest BCUT2D eigenvalue weighted by molar-refractivity contribution is 8.00. The van der Waals surface area contributed by atoms with Gasteiger partial charge in [0.2, 0.25) is 5.91 Å². The molecule has 1 amide bonds. The first kappa shape index (κ1) is 15.8. The molecular formula is C17H24N2O2S. The highest BCUT2D eigenvalue weighted by Gasteiger charge is 2.12. The fourth-order valence-corrected chi connectivity index (χ4v) is 3.81. The Balaban J connectivity index is 1.35. The van der Waals surface area contributed by atoms with E-state index in [4.69, 9.17) is 4.74 Å². The molecule has 0 spiro atoms. The van der Waals surface area contributed by atoms with Crippen molar-refractivity contribution >= 4 is 17.7 Å². The number of thioether (sulfide) groups is 1. The molecule has 4 nitrogen and oxygen atoms in total. The number of hydrogen-bond acceptors (Lipinski definition) is 4. The van der Waals surface area contributed by atoms with Crippen LogP contribution < -0.4 is 5.32 Å². The Bertz CT molecular complexity index is 515. The summed E-state index contributed by atoms with van der Waals surface area (Å²) >= 11 is 1.63. The van der Waals surface area contributed by atoms with Crippen LogP contribution in [-0.2, 0) is 22.4 Å². The number of nitrogens with zero attached hydrogens (tertiary/aromatic N) is 1. The first-order valence-electron chi connectivity index (χ1n) is 8.13. The van der Waals surface area contributed by atoms with Crippen LogP contribution in [0, 0.1) is 0 Å². The topological polar surface area (TPSA) is 41.6 Å². The average Bonchev–Trinajstić information content (AvgIpc) is 3.01. The van der Waals surface area contributed by atoms with Crippen LogP contribution in [0.25, 0.3) is 0 Å². The molecule has 22 heavy (non-hydrogen) atoms. The molecule has 0 radical (unpaired) electrons. The predicted molar refractivity (Wildman–Crippen MR) is 89.5 cm³/mol. The van der Waals surface area contributed by atoms with Crippen molar-refractivity contribution in [1.29, 1.82) is 0 Å². The SMILES string of the molecule is O=C(CSc1ccc2c(c1)CCC2)NCCN1CCOCC1. The smallest absolute Gasteiger partial charge is 0.230 e. The number of carbonyl (C=O) groups excluding carboxylic acids is 1. The molecule has 1 aromatic rings. The average molecular weight is 320 g/mol. The first-order chi connectivity index (χ1) is 10.8. The summed E-state index contributed by atoms with van der Waals surface area (Å²) in [6.07, 6.45) is 3.67. The van der Waals surface area contributed by atoms with E-state index < -0.39 is 0 Å². The van der Waals surface area contributed by atoms with E-state index in [9.17, 15) is 4.79 Å². The van der Waals surface area contributed by atoms with Gasteiger partial charge in [-0.3, -0.25) is 9.69 Å². The number of rotatable bonds is 6. The second-order valence-corrected chi connectivity index (χ2v) is 6.93. The number of ether oxygens (including phenoxy) is 1. The van der Waals surface area contributed by atoms with Crippen molar-refractivity contribution in [3.05, 3.63) is 29.3 Å². The third-order valence-corrected chi connectivity index (χ3v) is 5.29. The molecule has 1 saturated heterocycles. The van der Waals surface area contributed by atoms with Crippen molar-refractivity contribution in [3.63, 3.8) is 0 Å². The second-order valence-electron chi connectivity index (χ2n) is 5.88. The molecule has 0 atom stereocenters. The Hall–Kier alpha value is -1.04. The highest BCUT2D eigenvalue weighted by atomic mass is 32.2. The molecule has 1 heterocycles. The van der Waals surface area contributed by atoms with Crippen LogP contribution in [0.1, 0.15) is 17.5 Å². The van der Waals surface area contributed by atoms with Crippen molar-refractivity contribution in [1.82, 2.24) is 10.2 Å². The van der Waals surface area contributed by atoms with E-state index in [1.807, 2.05) is 0 Å². The monoisotopic (exact) mass is 320 g/mol. The molecule has 0 saturated carbocycles. The van der Waals surface area contributed by atoms with Crippen molar-refractivity contribution in [2.24, 2.45) is 0 Å². The minimum Gasteiger partial charge on any atom is -0.379 e. The second kappa shape index (κ2) is 7.99. The van der Waals surface area contributed by atoms with Gasteiger partial charge in [-0.1, -0.05) is 6.07 Å².